The number of aromatic nitrogens is 5. The van der Waals surface area contributed by atoms with E-state index >= 15 is 0 Å². The molecule has 1 N–H and O–H groups in total. The fourth-order valence-electron chi connectivity index (χ4n) is 3.02. The summed E-state index contributed by atoms with van der Waals surface area (Å²) in [5.74, 6) is 0.566. The van der Waals surface area contributed by atoms with Crippen molar-refractivity contribution in [3.8, 4) is 5.95 Å². The van der Waals surface area contributed by atoms with Gasteiger partial charge in [-0.15, -0.1) is 0 Å². The predicted octanol–water partition coefficient (Wildman–Crippen LogP) is 3.22. The third kappa shape index (κ3) is 4.09. The first kappa shape index (κ1) is 20.8. The maximum Gasteiger partial charge on any atom is 0.258 e. The molecule has 0 bridgehead atoms. The Hall–Kier alpha value is -2.96. The van der Waals surface area contributed by atoms with Crippen LogP contribution in [0.3, 0.4) is 0 Å². The molecule has 1 aliphatic rings. The molecule has 10 heteroatoms. The third-order valence-corrected chi connectivity index (χ3v) is 4.90. The highest BCUT2D eigenvalue weighted by atomic mass is 35.5. The lowest BCUT2D eigenvalue weighted by Gasteiger charge is -2.15. The number of hydrogen-bond acceptors (Lipinski definition) is 5. The summed E-state index contributed by atoms with van der Waals surface area (Å²) in [5.41, 5.74) is 0.663. The fourth-order valence-corrected chi connectivity index (χ4v) is 3.25. The van der Waals surface area contributed by atoms with Gasteiger partial charge in [0, 0.05) is 41.4 Å². The monoisotopic (exact) mass is 427 g/mol. The molecule has 0 aliphatic heterocycles. The molecule has 1 aromatic carbocycles. The molecule has 1 fully saturated rings. The fraction of sp³-hybridized carbons (Fsp3) is 0.263. The second kappa shape index (κ2) is 8.19. The van der Waals surface area contributed by atoms with Crippen LogP contribution in [0.2, 0.25) is 5.02 Å². The Bertz CT molecular complexity index is 1080. The zero-order valence-electron chi connectivity index (χ0n) is 15.5. The van der Waals surface area contributed by atoms with E-state index in [9.17, 15) is 4.79 Å². The van der Waals surface area contributed by atoms with Crippen LogP contribution >= 0.6 is 25.1 Å². The van der Waals surface area contributed by atoms with Crippen LogP contribution in [0.25, 0.3) is 10.8 Å². The molecule has 1 amide bonds. The van der Waals surface area contributed by atoms with E-state index in [0.717, 1.165) is 18.4 Å². The lowest BCUT2D eigenvalue weighted by atomic mass is 10.0. The molecule has 148 valence electrons. The van der Waals surface area contributed by atoms with Gasteiger partial charge in [-0.3, -0.25) is 4.79 Å². The Kier molecular flexibility index (Phi) is 5.86. The number of carbonyl (C=O) groups is 1. The lowest BCUT2D eigenvalue weighted by molar-refractivity contribution is 0.0937. The van der Waals surface area contributed by atoms with Crippen molar-refractivity contribution in [2.24, 2.45) is 0 Å². The van der Waals surface area contributed by atoms with Crippen LogP contribution in [0, 0.1) is 6.57 Å². The largest absolute Gasteiger partial charge is 0.342 e. The van der Waals surface area contributed by atoms with Gasteiger partial charge < -0.3 is 10.2 Å². The van der Waals surface area contributed by atoms with Crippen LogP contribution in [0.5, 0.6) is 0 Å². The van der Waals surface area contributed by atoms with Gasteiger partial charge in [0.2, 0.25) is 0 Å². The highest BCUT2D eigenvalue weighted by Gasteiger charge is 2.52. The van der Waals surface area contributed by atoms with Crippen molar-refractivity contribution in [1.82, 2.24) is 30.0 Å². The number of nitrogens with zero attached hydrogens (tertiary/aromatic N) is 6. The van der Waals surface area contributed by atoms with Gasteiger partial charge in [0.25, 0.3) is 17.4 Å². The van der Waals surface area contributed by atoms with Crippen molar-refractivity contribution in [3.05, 3.63) is 76.4 Å². The average molecular weight is 428 g/mol. The van der Waals surface area contributed by atoms with Crippen LogP contribution in [-0.4, -0.2) is 30.6 Å². The molecule has 0 radical (unpaired) electrons. The molecule has 4 rings (SSSR count). The molecule has 1 atom stereocenters. The number of carbonyl (C=O) groups excluding carboxylic acids is 1. The van der Waals surface area contributed by atoms with Gasteiger partial charge >= 0.3 is 0 Å². The van der Waals surface area contributed by atoms with Crippen molar-refractivity contribution >= 4 is 31.0 Å². The minimum Gasteiger partial charge on any atom is -0.342 e. The molecule has 2 aromatic heterocycles. The van der Waals surface area contributed by atoms with Crippen LogP contribution in [0.1, 0.15) is 47.6 Å². The van der Waals surface area contributed by atoms with Crippen molar-refractivity contribution in [2.45, 2.75) is 31.3 Å². The molecule has 1 saturated carbocycles. The van der Waals surface area contributed by atoms with Crippen molar-refractivity contribution in [1.29, 1.82) is 0 Å². The Morgan fingerprint density at radius 1 is 1.28 bits per heavy atom. The van der Waals surface area contributed by atoms with Crippen molar-refractivity contribution < 1.29 is 4.79 Å². The molecule has 8 nitrogen and oxygen atoms in total. The van der Waals surface area contributed by atoms with E-state index in [1.807, 2.05) is 0 Å². The van der Waals surface area contributed by atoms with Crippen LogP contribution in [0.4, 0.5) is 0 Å². The first-order valence-corrected chi connectivity index (χ1v) is 9.08. The highest BCUT2D eigenvalue weighted by molar-refractivity contribution is 7.59. The highest BCUT2D eigenvalue weighted by Crippen LogP contribution is 2.50. The third-order valence-electron chi connectivity index (χ3n) is 4.69. The molecular weight excluding hydrogens is 410 g/mol. The summed E-state index contributed by atoms with van der Waals surface area (Å²) >= 11 is 6.20. The summed E-state index contributed by atoms with van der Waals surface area (Å²) in [5, 5.41) is 7.48. The SMILES string of the molecule is S.[C-]#[N+]C1(c2cc(Cl)cc(C(=O)N[C@H](C)c3ncnn3-c3ncccn3)c2)CC1. The van der Waals surface area contributed by atoms with Gasteiger partial charge in [-0.25, -0.2) is 21.5 Å². The quantitative estimate of drug-likeness (QED) is 0.631. The zero-order chi connectivity index (χ0) is 19.7. The summed E-state index contributed by atoms with van der Waals surface area (Å²) in [6, 6.07) is 6.35. The average Bonchev–Trinajstić information content (AvgIpc) is 3.36. The second-order valence-corrected chi connectivity index (χ2v) is 7.08. The van der Waals surface area contributed by atoms with Crippen LogP contribution in [-0.2, 0) is 5.54 Å². The molecule has 2 heterocycles. The van der Waals surface area contributed by atoms with E-state index < -0.39 is 11.6 Å². The minimum absolute atomic E-state index is 0. The normalized spacial score (nSPS) is 14.9. The van der Waals surface area contributed by atoms with Gasteiger partial charge in [0.1, 0.15) is 6.33 Å². The van der Waals surface area contributed by atoms with E-state index in [1.54, 1.807) is 43.6 Å². The maximum atomic E-state index is 12.8. The number of hydrogen-bond donors (Lipinski definition) is 1. The Balaban J connectivity index is 0.00000240. The lowest BCUT2D eigenvalue weighted by Crippen LogP contribution is -2.29. The van der Waals surface area contributed by atoms with E-state index in [0.29, 0.717) is 22.4 Å². The second-order valence-electron chi connectivity index (χ2n) is 6.65. The summed E-state index contributed by atoms with van der Waals surface area (Å²) in [6.07, 6.45) is 6.17. The smallest absolute Gasteiger partial charge is 0.258 e. The Morgan fingerprint density at radius 3 is 2.66 bits per heavy atom. The van der Waals surface area contributed by atoms with E-state index in [4.69, 9.17) is 18.2 Å². The number of benzene rings is 1. The van der Waals surface area contributed by atoms with E-state index in [2.05, 4.69) is 30.2 Å². The topological polar surface area (TPSA) is 90.0 Å². The molecular formula is C19H18ClN7OS. The predicted molar refractivity (Wildman–Crippen MR) is 112 cm³/mol. The van der Waals surface area contributed by atoms with E-state index in [-0.39, 0.29) is 19.4 Å². The zero-order valence-corrected chi connectivity index (χ0v) is 17.3. The molecule has 0 spiro atoms. The number of halogens is 1. The van der Waals surface area contributed by atoms with Crippen LogP contribution < -0.4 is 5.32 Å². The summed E-state index contributed by atoms with van der Waals surface area (Å²) < 4.78 is 1.48. The summed E-state index contributed by atoms with van der Waals surface area (Å²) in [6.45, 7) is 9.22. The number of amides is 1. The molecule has 1 aliphatic carbocycles. The van der Waals surface area contributed by atoms with Gasteiger partial charge in [-0.05, 0) is 31.2 Å². The molecule has 0 unspecified atom stereocenters. The van der Waals surface area contributed by atoms with Crippen molar-refractivity contribution in [3.63, 3.8) is 0 Å². The first-order chi connectivity index (χ1) is 13.5. The van der Waals surface area contributed by atoms with Crippen LogP contribution in [0.15, 0.2) is 43.0 Å². The molecule has 3 aromatic rings. The molecule has 29 heavy (non-hydrogen) atoms. The van der Waals surface area contributed by atoms with Gasteiger partial charge in [-0.2, -0.15) is 23.3 Å². The number of nitrogens with one attached hydrogen (secondary N) is 1. The standard InChI is InChI=1S/C19H16ClN7O.H2S/c1-12(16-24-11-25-27(16)18-22-6-3-7-23-18)26-17(28)13-8-14(10-15(20)9-13)19(21-2)4-5-19;/h3,6-12H,4-5H2,1H3,(H,26,28);1H2/t12-;/m1./s1. The van der Waals surface area contributed by atoms with E-state index in [1.165, 1.54) is 11.0 Å². The van der Waals surface area contributed by atoms with Gasteiger partial charge in [0.15, 0.2) is 5.82 Å². The minimum atomic E-state index is -0.531. The van der Waals surface area contributed by atoms with Gasteiger partial charge in [0.05, 0.1) is 6.04 Å². The Morgan fingerprint density at radius 2 is 2.00 bits per heavy atom. The first-order valence-electron chi connectivity index (χ1n) is 8.70. The van der Waals surface area contributed by atoms with Crippen molar-refractivity contribution in [2.75, 3.05) is 0 Å². The number of rotatable bonds is 5. The summed E-state index contributed by atoms with van der Waals surface area (Å²) in [7, 11) is 0. The maximum absolute atomic E-state index is 12.8. The Labute approximate surface area is 179 Å². The molecule has 0 saturated heterocycles. The van der Waals surface area contributed by atoms with Gasteiger partial charge in [-0.1, -0.05) is 11.6 Å². The summed E-state index contributed by atoms with van der Waals surface area (Å²) in [4.78, 5) is 29.1.